The Hall–Kier alpha value is -1.88. The van der Waals surface area contributed by atoms with Gasteiger partial charge in [0.2, 0.25) is 5.91 Å². The molecule has 0 spiro atoms. The van der Waals surface area contributed by atoms with Gasteiger partial charge in [-0.1, -0.05) is 38.8 Å². The average Bonchev–Trinajstić information content (AvgIpc) is 2.40. The second-order valence-electron chi connectivity index (χ2n) is 5.72. The highest BCUT2D eigenvalue weighted by molar-refractivity contribution is 5.91. The van der Waals surface area contributed by atoms with Crippen molar-refractivity contribution < 1.29 is 19.8 Å². The molecule has 0 heterocycles. The Balaban J connectivity index is 2.61. The lowest BCUT2D eigenvalue weighted by atomic mass is 9.89. The van der Waals surface area contributed by atoms with Crippen LogP contribution in [0.5, 0.6) is 0 Å². The molecular formula is C17H25NO4. The van der Waals surface area contributed by atoms with Crippen LogP contribution in [0.1, 0.15) is 51.5 Å². The van der Waals surface area contributed by atoms with Crippen molar-refractivity contribution in [2.75, 3.05) is 5.32 Å². The highest BCUT2D eigenvalue weighted by atomic mass is 16.4. The fourth-order valence-corrected chi connectivity index (χ4v) is 2.62. The summed E-state index contributed by atoms with van der Waals surface area (Å²) in [5, 5.41) is 21.9. The van der Waals surface area contributed by atoms with Gasteiger partial charge in [0.15, 0.2) is 0 Å². The number of nitrogens with one attached hydrogen (secondary N) is 1. The van der Waals surface area contributed by atoms with E-state index >= 15 is 0 Å². The second-order valence-corrected chi connectivity index (χ2v) is 5.72. The summed E-state index contributed by atoms with van der Waals surface area (Å²) >= 11 is 0. The molecule has 0 aromatic heterocycles. The third-order valence-corrected chi connectivity index (χ3v) is 3.51. The molecule has 0 radical (unpaired) electrons. The highest BCUT2D eigenvalue weighted by Gasteiger charge is 2.28. The molecule has 122 valence electrons. The SMILES string of the molecule is CCCC(O)(CCC)CC(=O)Nc1ccc(CC(=O)O)cc1. The summed E-state index contributed by atoms with van der Waals surface area (Å²) in [5.41, 5.74) is 0.338. The van der Waals surface area contributed by atoms with Gasteiger partial charge < -0.3 is 15.5 Å². The van der Waals surface area contributed by atoms with Gasteiger partial charge in [0.05, 0.1) is 18.4 Å². The van der Waals surface area contributed by atoms with E-state index in [1.165, 1.54) is 0 Å². The van der Waals surface area contributed by atoms with Crippen molar-refractivity contribution in [3.05, 3.63) is 29.8 Å². The summed E-state index contributed by atoms with van der Waals surface area (Å²) < 4.78 is 0. The van der Waals surface area contributed by atoms with Crippen LogP contribution in [0.15, 0.2) is 24.3 Å². The minimum absolute atomic E-state index is 0.0407. The van der Waals surface area contributed by atoms with Crippen molar-refractivity contribution in [1.29, 1.82) is 0 Å². The fraction of sp³-hybridized carbons (Fsp3) is 0.529. The number of anilines is 1. The second kappa shape index (κ2) is 8.54. The number of benzene rings is 1. The summed E-state index contributed by atoms with van der Waals surface area (Å²) in [7, 11) is 0. The summed E-state index contributed by atoms with van der Waals surface area (Å²) in [4.78, 5) is 22.7. The molecule has 0 unspecified atom stereocenters. The van der Waals surface area contributed by atoms with Crippen LogP contribution in [0.25, 0.3) is 0 Å². The van der Waals surface area contributed by atoms with E-state index in [2.05, 4.69) is 5.32 Å². The molecule has 1 aromatic rings. The maximum absolute atomic E-state index is 12.1. The molecular weight excluding hydrogens is 282 g/mol. The van der Waals surface area contributed by atoms with E-state index in [9.17, 15) is 14.7 Å². The predicted octanol–water partition coefficient (Wildman–Crippen LogP) is 2.97. The maximum atomic E-state index is 12.1. The number of carbonyl (C=O) groups is 2. The number of hydrogen-bond donors (Lipinski definition) is 3. The van der Waals surface area contributed by atoms with E-state index in [1.807, 2.05) is 13.8 Å². The largest absolute Gasteiger partial charge is 0.481 e. The van der Waals surface area contributed by atoms with E-state index in [0.29, 0.717) is 24.1 Å². The van der Waals surface area contributed by atoms with Crippen molar-refractivity contribution in [1.82, 2.24) is 0 Å². The molecule has 0 aliphatic rings. The molecule has 0 saturated heterocycles. The Labute approximate surface area is 131 Å². The molecule has 0 fully saturated rings. The Morgan fingerprint density at radius 2 is 1.64 bits per heavy atom. The highest BCUT2D eigenvalue weighted by Crippen LogP contribution is 2.24. The molecule has 0 bridgehead atoms. The minimum Gasteiger partial charge on any atom is -0.481 e. The molecule has 5 nitrogen and oxygen atoms in total. The van der Waals surface area contributed by atoms with Crippen molar-refractivity contribution in [3.63, 3.8) is 0 Å². The summed E-state index contributed by atoms with van der Waals surface area (Å²) in [6.45, 7) is 3.97. The Morgan fingerprint density at radius 3 is 2.09 bits per heavy atom. The number of aliphatic carboxylic acids is 1. The number of aliphatic hydroxyl groups is 1. The lowest BCUT2D eigenvalue weighted by Crippen LogP contribution is -2.33. The summed E-state index contributed by atoms with van der Waals surface area (Å²) in [6, 6.07) is 6.70. The Morgan fingerprint density at radius 1 is 1.09 bits per heavy atom. The molecule has 3 N–H and O–H groups in total. The zero-order valence-corrected chi connectivity index (χ0v) is 13.3. The van der Waals surface area contributed by atoms with Crippen molar-refractivity contribution in [3.8, 4) is 0 Å². The molecule has 1 amide bonds. The zero-order chi connectivity index (χ0) is 16.6. The molecule has 22 heavy (non-hydrogen) atoms. The topological polar surface area (TPSA) is 86.6 Å². The summed E-state index contributed by atoms with van der Waals surface area (Å²) in [6.07, 6.45) is 2.89. The van der Waals surface area contributed by atoms with Gasteiger partial charge in [-0.15, -0.1) is 0 Å². The Kier molecular flexibility index (Phi) is 7.05. The van der Waals surface area contributed by atoms with Crippen LogP contribution in [0.2, 0.25) is 0 Å². The van der Waals surface area contributed by atoms with E-state index in [4.69, 9.17) is 5.11 Å². The van der Waals surface area contributed by atoms with Gasteiger partial charge in [-0.25, -0.2) is 0 Å². The minimum atomic E-state index is -0.948. The first-order valence-corrected chi connectivity index (χ1v) is 7.71. The van der Waals surface area contributed by atoms with Crippen LogP contribution in [0, 0.1) is 0 Å². The van der Waals surface area contributed by atoms with Crippen LogP contribution < -0.4 is 5.32 Å². The van der Waals surface area contributed by atoms with Gasteiger partial charge in [0.1, 0.15) is 0 Å². The number of amides is 1. The molecule has 0 aliphatic heterocycles. The molecule has 1 rings (SSSR count). The Bertz CT molecular complexity index is 490. The van der Waals surface area contributed by atoms with E-state index in [1.54, 1.807) is 24.3 Å². The lowest BCUT2D eigenvalue weighted by Gasteiger charge is -2.26. The van der Waals surface area contributed by atoms with Crippen LogP contribution in [0.4, 0.5) is 5.69 Å². The normalized spacial score (nSPS) is 11.2. The maximum Gasteiger partial charge on any atom is 0.307 e. The van der Waals surface area contributed by atoms with Crippen LogP contribution >= 0.6 is 0 Å². The van der Waals surface area contributed by atoms with Crippen LogP contribution in [0.3, 0.4) is 0 Å². The molecule has 0 aliphatic carbocycles. The third kappa shape index (κ3) is 6.26. The molecule has 0 saturated carbocycles. The van der Waals surface area contributed by atoms with E-state index in [-0.39, 0.29) is 18.7 Å². The van der Waals surface area contributed by atoms with Gasteiger partial charge in [-0.2, -0.15) is 0 Å². The lowest BCUT2D eigenvalue weighted by molar-refractivity contribution is -0.136. The molecule has 5 heteroatoms. The summed E-state index contributed by atoms with van der Waals surface area (Å²) in [5.74, 6) is -1.11. The van der Waals surface area contributed by atoms with E-state index < -0.39 is 11.6 Å². The number of carboxylic acids is 1. The molecule has 0 atom stereocenters. The number of hydrogen-bond acceptors (Lipinski definition) is 3. The van der Waals surface area contributed by atoms with Crippen molar-refractivity contribution >= 4 is 17.6 Å². The van der Waals surface area contributed by atoms with E-state index in [0.717, 1.165) is 12.8 Å². The number of rotatable bonds is 9. The van der Waals surface area contributed by atoms with Gasteiger partial charge in [0, 0.05) is 5.69 Å². The standard InChI is InChI=1S/C17H25NO4/c1-3-9-17(22,10-4-2)12-15(19)18-14-7-5-13(6-8-14)11-16(20)21/h5-8,22H,3-4,9-12H2,1-2H3,(H,18,19)(H,20,21). The zero-order valence-electron chi connectivity index (χ0n) is 13.3. The average molecular weight is 307 g/mol. The third-order valence-electron chi connectivity index (χ3n) is 3.51. The van der Waals surface area contributed by atoms with Crippen LogP contribution in [-0.4, -0.2) is 27.7 Å². The predicted molar refractivity (Wildman–Crippen MR) is 85.8 cm³/mol. The number of carboxylic acid groups (broad SMARTS) is 1. The first kappa shape index (κ1) is 18.2. The van der Waals surface area contributed by atoms with Crippen molar-refractivity contribution in [2.45, 2.75) is 58.0 Å². The van der Waals surface area contributed by atoms with Crippen molar-refractivity contribution in [2.24, 2.45) is 0 Å². The van der Waals surface area contributed by atoms with Gasteiger partial charge >= 0.3 is 5.97 Å². The van der Waals surface area contributed by atoms with Crippen LogP contribution in [-0.2, 0) is 16.0 Å². The first-order valence-electron chi connectivity index (χ1n) is 7.71. The monoisotopic (exact) mass is 307 g/mol. The van der Waals surface area contributed by atoms with Gasteiger partial charge in [-0.05, 0) is 30.5 Å². The number of carbonyl (C=O) groups excluding carboxylic acids is 1. The first-order chi connectivity index (χ1) is 10.4. The molecule has 1 aromatic carbocycles. The fourth-order valence-electron chi connectivity index (χ4n) is 2.62. The smallest absolute Gasteiger partial charge is 0.307 e. The van der Waals surface area contributed by atoms with Gasteiger partial charge in [0.25, 0.3) is 0 Å². The van der Waals surface area contributed by atoms with Gasteiger partial charge in [-0.3, -0.25) is 9.59 Å². The quantitative estimate of drug-likeness (QED) is 0.654.